The second-order valence-electron chi connectivity index (χ2n) is 5.91. The maximum absolute atomic E-state index is 12.8. The highest BCUT2D eigenvalue weighted by molar-refractivity contribution is 6.42. The first kappa shape index (κ1) is 19.2. The molecule has 2 aromatic rings. The van der Waals surface area contributed by atoms with Gasteiger partial charge in [-0.25, -0.2) is 19.1 Å². The number of ketones is 1. The monoisotopic (exact) mass is 395 g/mol. The number of alkyl halides is 3. The van der Waals surface area contributed by atoms with Crippen LogP contribution in [0.1, 0.15) is 17.2 Å². The van der Waals surface area contributed by atoms with E-state index in [0.29, 0.717) is 16.7 Å². The van der Waals surface area contributed by atoms with Crippen LogP contribution in [0.3, 0.4) is 0 Å². The predicted octanol–water partition coefficient (Wildman–Crippen LogP) is 0.0605. The summed E-state index contributed by atoms with van der Waals surface area (Å²) in [5, 5.41) is 8.23. The van der Waals surface area contributed by atoms with Crippen LogP contribution in [0.4, 0.5) is 13.2 Å². The quantitative estimate of drug-likeness (QED) is 0.669. The van der Waals surface area contributed by atoms with Gasteiger partial charge in [0.1, 0.15) is 11.6 Å². The molecular weight excluding hydrogens is 383 g/mol. The molecule has 12 heteroatoms. The summed E-state index contributed by atoms with van der Waals surface area (Å²) in [5.74, 6) is -3.35. The highest BCUT2D eigenvalue weighted by Crippen LogP contribution is 2.29. The number of carbonyl (C=O) groups excluding carboxylic acids is 2. The molecule has 1 aliphatic rings. The zero-order valence-electron chi connectivity index (χ0n) is 14.5. The zero-order chi connectivity index (χ0) is 20.8. The van der Waals surface area contributed by atoms with Gasteiger partial charge in [-0.1, -0.05) is 0 Å². The number of halogens is 3. The van der Waals surface area contributed by atoms with Crippen molar-refractivity contribution in [2.45, 2.75) is 12.1 Å². The molecule has 0 saturated carbocycles. The average Bonchev–Trinajstić information content (AvgIpc) is 2.63. The Morgan fingerprint density at radius 1 is 1.00 bits per heavy atom. The van der Waals surface area contributed by atoms with E-state index in [4.69, 9.17) is 0 Å². The largest absolute Gasteiger partial charge is 0.416 e. The van der Waals surface area contributed by atoms with Gasteiger partial charge in [0, 0.05) is 20.3 Å². The van der Waals surface area contributed by atoms with Crippen LogP contribution >= 0.6 is 0 Å². The van der Waals surface area contributed by atoms with Gasteiger partial charge in [-0.15, -0.1) is 0 Å². The summed E-state index contributed by atoms with van der Waals surface area (Å²) in [7, 11) is 2.45. The highest BCUT2D eigenvalue weighted by Gasteiger charge is 2.36. The average molecular weight is 395 g/mol. The van der Waals surface area contributed by atoms with E-state index < -0.39 is 46.3 Å². The van der Waals surface area contributed by atoms with Gasteiger partial charge in [-0.2, -0.15) is 23.4 Å². The Morgan fingerprint density at radius 3 is 2.18 bits per heavy atom. The number of carbonyl (C=O) groups is 2. The number of hydrogen-bond donors (Lipinski definition) is 0. The van der Waals surface area contributed by atoms with E-state index in [9.17, 15) is 32.3 Å². The van der Waals surface area contributed by atoms with Crippen LogP contribution in [-0.2, 0) is 22.8 Å². The SMILES string of the molecule is CN1N=CC(c2nn(C)c(=O)n(-c3ccc(C(F)(F)F)cc3)c2=O)C(=O)C1=O. The van der Waals surface area contributed by atoms with Gasteiger partial charge in [-0.05, 0) is 24.3 Å². The summed E-state index contributed by atoms with van der Waals surface area (Å²) in [6.45, 7) is 0. The van der Waals surface area contributed by atoms with Gasteiger partial charge < -0.3 is 0 Å². The van der Waals surface area contributed by atoms with Gasteiger partial charge in [0.05, 0.1) is 11.3 Å². The van der Waals surface area contributed by atoms with Crippen molar-refractivity contribution in [1.82, 2.24) is 19.4 Å². The molecule has 0 bridgehead atoms. The van der Waals surface area contributed by atoms with Crippen LogP contribution in [0, 0.1) is 0 Å². The first-order valence-corrected chi connectivity index (χ1v) is 7.76. The van der Waals surface area contributed by atoms with Crippen molar-refractivity contribution >= 4 is 17.9 Å². The number of hydrogen-bond acceptors (Lipinski definition) is 6. The maximum Gasteiger partial charge on any atom is 0.416 e. The third-order valence-electron chi connectivity index (χ3n) is 4.07. The topological polar surface area (TPSA) is 107 Å². The summed E-state index contributed by atoms with van der Waals surface area (Å²) in [5.41, 5.74) is -3.52. The molecule has 0 N–H and O–H groups in total. The number of nitrogens with zero attached hydrogens (tertiary/aromatic N) is 5. The molecule has 1 aromatic carbocycles. The molecule has 1 aromatic heterocycles. The number of aryl methyl sites for hydroxylation is 1. The molecule has 1 unspecified atom stereocenters. The van der Waals surface area contributed by atoms with Crippen molar-refractivity contribution in [3.63, 3.8) is 0 Å². The second-order valence-corrected chi connectivity index (χ2v) is 5.91. The molecule has 0 saturated heterocycles. The second kappa shape index (κ2) is 6.55. The molecule has 1 aliphatic heterocycles. The lowest BCUT2D eigenvalue weighted by Gasteiger charge is -2.20. The van der Waals surface area contributed by atoms with Crippen molar-refractivity contribution in [3.8, 4) is 5.69 Å². The van der Waals surface area contributed by atoms with Gasteiger partial charge in [0.25, 0.3) is 5.56 Å². The van der Waals surface area contributed by atoms with Gasteiger partial charge in [0.15, 0.2) is 0 Å². The van der Waals surface area contributed by atoms with E-state index >= 15 is 0 Å². The molecular formula is C16H12F3N5O4. The van der Waals surface area contributed by atoms with Crippen molar-refractivity contribution in [3.05, 3.63) is 56.4 Å². The third-order valence-corrected chi connectivity index (χ3v) is 4.07. The number of likely N-dealkylation sites (N-methyl/N-ethyl adjacent to an activating group) is 1. The summed E-state index contributed by atoms with van der Waals surface area (Å²) in [6.07, 6.45) is -3.55. The summed E-state index contributed by atoms with van der Waals surface area (Å²) in [6, 6.07) is 3.33. The molecule has 0 aliphatic carbocycles. The normalized spacial score (nSPS) is 17.3. The lowest BCUT2D eigenvalue weighted by atomic mass is 10.00. The number of Topliss-reactive ketones (excluding diaryl/α,β-unsaturated/α-hetero) is 1. The Hall–Kier alpha value is -3.57. The molecule has 1 atom stereocenters. The lowest BCUT2D eigenvalue weighted by molar-refractivity contribution is -0.144. The van der Waals surface area contributed by atoms with E-state index in [1.54, 1.807) is 0 Å². The fraction of sp³-hybridized carbons (Fsp3) is 0.250. The Morgan fingerprint density at radius 2 is 1.61 bits per heavy atom. The van der Waals surface area contributed by atoms with E-state index in [1.807, 2.05) is 0 Å². The van der Waals surface area contributed by atoms with Crippen LogP contribution < -0.4 is 11.2 Å². The lowest BCUT2D eigenvalue weighted by Crippen LogP contribution is -2.46. The summed E-state index contributed by atoms with van der Waals surface area (Å²) in [4.78, 5) is 49.1. The van der Waals surface area contributed by atoms with Crippen LogP contribution in [0.15, 0.2) is 39.0 Å². The number of hydrazone groups is 1. The molecule has 1 amide bonds. The summed E-state index contributed by atoms with van der Waals surface area (Å²) < 4.78 is 39.5. The first-order chi connectivity index (χ1) is 13.0. The van der Waals surface area contributed by atoms with Crippen LogP contribution in [-0.4, -0.2) is 44.3 Å². The highest BCUT2D eigenvalue weighted by atomic mass is 19.4. The van der Waals surface area contributed by atoms with Crippen molar-refractivity contribution in [2.75, 3.05) is 7.05 Å². The maximum atomic E-state index is 12.8. The molecule has 2 heterocycles. The molecule has 28 heavy (non-hydrogen) atoms. The van der Waals surface area contributed by atoms with Crippen molar-refractivity contribution in [1.29, 1.82) is 0 Å². The van der Waals surface area contributed by atoms with Gasteiger partial charge >= 0.3 is 17.8 Å². The third kappa shape index (κ3) is 3.12. The first-order valence-electron chi connectivity index (χ1n) is 7.76. The molecule has 0 fully saturated rings. The fourth-order valence-electron chi connectivity index (χ4n) is 2.59. The molecule has 3 rings (SSSR count). The van der Waals surface area contributed by atoms with E-state index in [0.717, 1.165) is 28.0 Å². The van der Waals surface area contributed by atoms with Crippen molar-refractivity contribution in [2.24, 2.45) is 12.1 Å². The Kier molecular flexibility index (Phi) is 4.49. The fourth-order valence-corrected chi connectivity index (χ4v) is 2.59. The number of amides is 1. The van der Waals surface area contributed by atoms with Gasteiger partial charge in [0.2, 0.25) is 5.78 Å². The Balaban J connectivity index is 2.18. The smallest absolute Gasteiger partial charge is 0.287 e. The number of benzene rings is 1. The zero-order valence-corrected chi connectivity index (χ0v) is 14.5. The molecule has 0 spiro atoms. The van der Waals surface area contributed by atoms with Gasteiger partial charge in [-0.3, -0.25) is 14.4 Å². The Labute approximate surface area is 154 Å². The van der Waals surface area contributed by atoms with E-state index in [-0.39, 0.29) is 5.69 Å². The predicted molar refractivity (Wildman–Crippen MR) is 89.1 cm³/mol. The molecule has 0 radical (unpaired) electrons. The van der Waals surface area contributed by atoms with Crippen LogP contribution in [0.2, 0.25) is 0 Å². The van der Waals surface area contributed by atoms with Crippen LogP contribution in [0.25, 0.3) is 5.69 Å². The van der Waals surface area contributed by atoms with Crippen molar-refractivity contribution < 1.29 is 22.8 Å². The number of aromatic nitrogens is 3. The standard InChI is InChI=1S/C16H12F3N5O4/c1-22-14(27)12(25)10(7-20-22)11-13(26)24(15(28)23(2)21-11)9-5-3-8(4-6-9)16(17,18)19/h3-7,10H,1-2H3. The Bertz CT molecular complexity index is 1120. The molecule has 9 nitrogen and oxygen atoms in total. The molecule has 146 valence electrons. The minimum Gasteiger partial charge on any atom is -0.287 e. The summed E-state index contributed by atoms with van der Waals surface area (Å²) >= 11 is 0. The minimum atomic E-state index is -4.59. The minimum absolute atomic E-state index is 0.147. The van der Waals surface area contributed by atoms with Crippen LogP contribution in [0.5, 0.6) is 0 Å². The number of rotatable bonds is 2. The van der Waals surface area contributed by atoms with E-state index in [2.05, 4.69) is 10.2 Å². The van der Waals surface area contributed by atoms with E-state index in [1.165, 1.54) is 14.1 Å².